The van der Waals surface area contributed by atoms with Crippen LogP contribution in [0.4, 0.5) is 0 Å². The summed E-state index contributed by atoms with van der Waals surface area (Å²) >= 11 is 0. The largest absolute Gasteiger partial charge is 0.0995 e. The van der Waals surface area contributed by atoms with E-state index in [1.165, 1.54) is 28.5 Å². The highest BCUT2D eigenvalue weighted by Crippen LogP contribution is 2.56. The second kappa shape index (κ2) is 6.86. The lowest BCUT2D eigenvalue weighted by molar-refractivity contribution is 1.35. The smallest absolute Gasteiger partial charge is 0.0768 e. The molecular weight excluding hydrogens is 259 g/mol. The number of rotatable bonds is 5. The van der Waals surface area contributed by atoms with Crippen molar-refractivity contribution in [3.05, 3.63) is 72.3 Å². The highest BCUT2D eigenvalue weighted by molar-refractivity contribution is 7.89. The van der Waals surface area contributed by atoms with Gasteiger partial charge in [0.1, 0.15) is 0 Å². The minimum atomic E-state index is -1.31. The molecule has 0 radical (unpaired) electrons. The van der Waals surface area contributed by atoms with Gasteiger partial charge in [-0.1, -0.05) is 42.0 Å². The summed E-state index contributed by atoms with van der Waals surface area (Å²) in [6, 6.07) is 22.1. The van der Waals surface area contributed by atoms with E-state index in [9.17, 15) is 0 Å². The molecule has 2 aromatic rings. The van der Waals surface area contributed by atoms with Crippen LogP contribution in [0.2, 0.25) is 0 Å². The maximum Gasteiger partial charge on any atom is 0.0995 e. The molecule has 0 unspecified atom stereocenters. The average molecular weight is 283 g/mol. The van der Waals surface area contributed by atoms with E-state index in [2.05, 4.69) is 87.5 Å². The topological polar surface area (TPSA) is 0 Å². The summed E-state index contributed by atoms with van der Waals surface area (Å²) in [6.45, 7) is 6.73. The highest BCUT2D eigenvalue weighted by Gasteiger charge is 2.39. The van der Waals surface area contributed by atoms with E-state index >= 15 is 0 Å². The third kappa shape index (κ3) is 3.19. The van der Waals surface area contributed by atoms with Crippen LogP contribution >= 0.6 is 7.26 Å². The highest BCUT2D eigenvalue weighted by atomic mass is 31.2. The summed E-state index contributed by atoms with van der Waals surface area (Å²) < 4.78 is 0. The van der Waals surface area contributed by atoms with Crippen molar-refractivity contribution in [2.45, 2.75) is 20.8 Å². The summed E-state index contributed by atoms with van der Waals surface area (Å²) in [6.07, 6.45) is 4.79. The Hall–Kier alpha value is -1.39. The first-order valence-corrected chi connectivity index (χ1v) is 9.46. The molecule has 0 atom stereocenters. The number of hydrogen-bond donors (Lipinski definition) is 0. The van der Waals surface area contributed by atoms with Gasteiger partial charge < -0.3 is 0 Å². The predicted molar refractivity (Wildman–Crippen MR) is 93.9 cm³/mol. The summed E-state index contributed by atoms with van der Waals surface area (Å²) in [5.74, 6) is 0. The normalized spacial score (nSPS) is 11.2. The number of hydrogen-bond acceptors (Lipinski definition) is 0. The Balaban J connectivity index is 2.55. The van der Waals surface area contributed by atoms with Crippen molar-refractivity contribution in [2.24, 2.45) is 0 Å². The second-order valence-corrected chi connectivity index (χ2v) is 9.39. The fraction of sp³-hybridized carbons (Fsp3) is 0.263. The first-order valence-electron chi connectivity index (χ1n) is 7.31. The lowest BCUT2D eigenvalue weighted by Gasteiger charge is -2.25. The molecule has 0 N–H and O–H groups in total. The Morgan fingerprint density at radius 2 is 1.30 bits per heavy atom. The molecule has 0 saturated heterocycles. The van der Waals surface area contributed by atoms with Crippen LogP contribution in [-0.2, 0) is 0 Å². The maximum atomic E-state index is 2.41. The van der Waals surface area contributed by atoms with E-state index in [-0.39, 0.29) is 0 Å². The van der Waals surface area contributed by atoms with Gasteiger partial charge in [-0.05, 0) is 51.1 Å². The predicted octanol–water partition coefficient (Wildman–Crippen LogP) is 4.64. The first kappa shape index (κ1) is 15.0. The fourth-order valence-electron chi connectivity index (χ4n) is 2.62. The molecule has 0 aliphatic rings. The van der Waals surface area contributed by atoms with E-state index in [4.69, 9.17) is 0 Å². The van der Waals surface area contributed by atoms with Crippen LogP contribution in [0.1, 0.15) is 20.8 Å². The second-order valence-electron chi connectivity index (χ2n) is 5.42. The van der Waals surface area contributed by atoms with Crippen molar-refractivity contribution in [1.82, 2.24) is 0 Å². The molecular formula is C19H24P+. The SMILES string of the molecule is CC[P+](CC=C(C)C)(c1ccccc1)c1ccccc1. The quantitative estimate of drug-likeness (QED) is 0.554. The minimum absolute atomic E-state index is 1.17. The molecule has 0 nitrogen and oxygen atoms in total. The Bertz CT molecular complexity index is 511. The van der Waals surface area contributed by atoms with Crippen molar-refractivity contribution in [1.29, 1.82) is 0 Å². The van der Waals surface area contributed by atoms with Crippen LogP contribution in [0.5, 0.6) is 0 Å². The first-order chi connectivity index (χ1) is 9.69. The molecule has 0 bridgehead atoms. The van der Waals surface area contributed by atoms with Crippen LogP contribution < -0.4 is 10.6 Å². The molecule has 0 aliphatic heterocycles. The van der Waals surface area contributed by atoms with Crippen LogP contribution in [0, 0.1) is 0 Å². The maximum absolute atomic E-state index is 2.41. The van der Waals surface area contributed by atoms with Gasteiger partial charge in [-0.2, -0.15) is 0 Å². The monoisotopic (exact) mass is 283 g/mol. The Morgan fingerprint density at radius 3 is 1.65 bits per heavy atom. The molecule has 0 saturated carbocycles. The van der Waals surface area contributed by atoms with Crippen molar-refractivity contribution in [3.63, 3.8) is 0 Å². The van der Waals surface area contributed by atoms with Gasteiger partial charge in [0.15, 0.2) is 0 Å². The van der Waals surface area contributed by atoms with Gasteiger partial charge in [0.25, 0.3) is 0 Å². The third-order valence-corrected chi connectivity index (χ3v) is 8.31. The van der Waals surface area contributed by atoms with Gasteiger partial charge in [0.05, 0.1) is 30.2 Å². The van der Waals surface area contributed by atoms with Crippen LogP contribution in [0.25, 0.3) is 0 Å². The number of benzene rings is 2. The molecule has 2 rings (SSSR count). The van der Waals surface area contributed by atoms with Crippen molar-refractivity contribution in [3.8, 4) is 0 Å². The molecule has 1 heteroatoms. The summed E-state index contributed by atoms with van der Waals surface area (Å²) in [4.78, 5) is 0. The molecule has 20 heavy (non-hydrogen) atoms. The van der Waals surface area contributed by atoms with Crippen molar-refractivity contribution >= 4 is 17.9 Å². The van der Waals surface area contributed by atoms with Gasteiger partial charge in [-0.25, -0.2) is 0 Å². The fourth-order valence-corrected chi connectivity index (χ4v) is 6.49. The zero-order valence-electron chi connectivity index (χ0n) is 12.7. The molecule has 104 valence electrons. The lowest BCUT2D eigenvalue weighted by atomic mass is 10.3. The Labute approximate surface area is 123 Å². The van der Waals surface area contributed by atoms with E-state index in [1.54, 1.807) is 0 Å². The van der Waals surface area contributed by atoms with E-state index < -0.39 is 7.26 Å². The molecule has 0 heterocycles. The zero-order chi connectivity index (χ0) is 14.4. The average Bonchev–Trinajstić information content (AvgIpc) is 2.50. The van der Waals surface area contributed by atoms with E-state index in [1.807, 2.05) is 0 Å². The molecule has 0 aliphatic carbocycles. The zero-order valence-corrected chi connectivity index (χ0v) is 13.6. The Morgan fingerprint density at radius 1 is 0.850 bits per heavy atom. The van der Waals surface area contributed by atoms with Gasteiger partial charge in [0.2, 0.25) is 0 Å². The molecule has 0 fully saturated rings. The molecule has 2 aromatic carbocycles. The minimum Gasteiger partial charge on any atom is -0.0768 e. The summed E-state index contributed by atoms with van der Waals surface area (Å²) in [5, 5.41) is 3.04. The van der Waals surface area contributed by atoms with Crippen LogP contribution in [0.15, 0.2) is 72.3 Å². The van der Waals surface area contributed by atoms with Gasteiger partial charge in [-0.15, -0.1) is 0 Å². The van der Waals surface area contributed by atoms with Crippen molar-refractivity contribution in [2.75, 3.05) is 12.3 Å². The summed E-state index contributed by atoms with van der Waals surface area (Å²) in [5.41, 5.74) is 1.41. The van der Waals surface area contributed by atoms with E-state index in [0.717, 1.165) is 0 Å². The molecule has 0 amide bonds. The standard InChI is InChI=1S/C19H24P/c1-4-20(16-15-17(2)3,18-11-7-5-8-12-18)19-13-9-6-10-14-19/h5-15H,4,16H2,1-3H3/q+1. The summed E-state index contributed by atoms with van der Waals surface area (Å²) in [7, 11) is -1.31. The lowest BCUT2D eigenvalue weighted by Crippen LogP contribution is -2.26. The van der Waals surface area contributed by atoms with Gasteiger partial charge in [-0.3, -0.25) is 0 Å². The van der Waals surface area contributed by atoms with Crippen LogP contribution in [-0.4, -0.2) is 12.3 Å². The molecule has 0 spiro atoms. The van der Waals surface area contributed by atoms with Crippen LogP contribution in [0.3, 0.4) is 0 Å². The van der Waals surface area contributed by atoms with Gasteiger partial charge >= 0.3 is 0 Å². The Kier molecular flexibility index (Phi) is 5.15. The van der Waals surface area contributed by atoms with E-state index in [0.29, 0.717) is 0 Å². The van der Waals surface area contributed by atoms with Gasteiger partial charge in [0, 0.05) is 0 Å². The van der Waals surface area contributed by atoms with Crippen molar-refractivity contribution < 1.29 is 0 Å². The number of allylic oxidation sites excluding steroid dienone is 2. The third-order valence-electron chi connectivity index (χ3n) is 3.85. The molecule has 0 aromatic heterocycles.